The van der Waals surface area contributed by atoms with Gasteiger partial charge in [0.15, 0.2) is 0 Å². The number of benzene rings is 2. The highest BCUT2D eigenvalue weighted by Crippen LogP contribution is 2.29. The fourth-order valence-corrected chi connectivity index (χ4v) is 2.74. The van der Waals surface area contributed by atoms with E-state index in [1.54, 1.807) is 24.3 Å². The van der Waals surface area contributed by atoms with Crippen molar-refractivity contribution < 1.29 is 22.8 Å². The summed E-state index contributed by atoms with van der Waals surface area (Å²) in [5.74, 6) is -0.596. The van der Waals surface area contributed by atoms with Crippen LogP contribution in [0.3, 0.4) is 0 Å². The van der Waals surface area contributed by atoms with E-state index in [2.05, 4.69) is 15.7 Å². The van der Waals surface area contributed by atoms with Crippen LogP contribution in [0.15, 0.2) is 53.6 Å². The average Bonchev–Trinajstić information content (AvgIpc) is 2.68. The van der Waals surface area contributed by atoms with E-state index in [0.29, 0.717) is 10.7 Å². The molecule has 1 aliphatic rings. The second-order valence-electron chi connectivity index (χ2n) is 6.30. The number of anilines is 1. The third-order valence-electron chi connectivity index (χ3n) is 4.25. The first-order valence-corrected chi connectivity index (χ1v) is 8.91. The predicted octanol–water partition coefficient (Wildman–Crippen LogP) is 4.12. The summed E-state index contributed by atoms with van der Waals surface area (Å²) in [6, 6.07) is 9.31. The van der Waals surface area contributed by atoms with E-state index in [1.807, 2.05) is 0 Å². The van der Waals surface area contributed by atoms with Crippen molar-refractivity contribution >= 4 is 34.9 Å². The van der Waals surface area contributed by atoms with Gasteiger partial charge < -0.3 is 10.6 Å². The van der Waals surface area contributed by atoms with Gasteiger partial charge in [0, 0.05) is 10.7 Å². The zero-order chi connectivity index (χ0) is 21.2. The molecule has 2 N–H and O–H groups in total. The molecule has 0 radical (unpaired) electrons. The summed E-state index contributed by atoms with van der Waals surface area (Å²) in [5.41, 5.74) is 0.621. The lowest BCUT2D eigenvalue weighted by atomic mass is 10.1. The Morgan fingerprint density at radius 3 is 2.38 bits per heavy atom. The van der Waals surface area contributed by atoms with Gasteiger partial charge in [-0.2, -0.15) is 18.3 Å². The number of carbonyl (C=O) groups excluding carboxylic acids is 2. The fourth-order valence-electron chi connectivity index (χ4n) is 2.62. The van der Waals surface area contributed by atoms with Gasteiger partial charge in [0.2, 0.25) is 5.91 Å². The van der Waals surface area contributed by atoms with Crippen LogP contribution in [-0.2, 0) is 11.0 Å². The van der Waals surface area contributed by atoms with Crippen molar-refractivity contribution in [1.82, 2.24) is 10.3 Å². The molecule has 3 amide bonds. The Balaban J connectivity index is 1.74. The van der Waals surface area contributed by atoms with Crippen LogP contribution >= 0.6 is 11.6 Å². The molecule has 0 spiro atoms. The highest BCUT2D eigenvalue weighted by Gasteiger charge is 2.31. The van der Waals surface area contributed by atoms with Crippen LogP contribution in [0.2, 0.25) is 5.02 Å². The summed E-state index contributed by atoms with van der Waals surface area (Å²) in [7, 11) is 0. The number of nitrogens with zero attached hydrogens (tertiary/aromatic N) is 2. The maximum atomic E-state index is 12.6. The number of rotatable bonds is 4. The van der Waals surface area contributed by atoms with Gasteiger partial charge in [0.1, 0.15) is 6.04 Å². The summed E-state index contributed by atoms with van der Waals surface area (Å²) in [6.45, 7) is 1.65. The predicted molar refractivity (Wildman–Crippen MR) is 103 cm³/mol. The molecule has 2 aromatic carbocycles. The van der Waals surface area contributed by atoms with Crippen molar-refractivity contribution in [2.75, 3.05) is 11.9 Å². The second kappa shape index (κ2) is 8.12. The fraction of sp³-hybridized carbons (Fsp3) is 0.211. The molecule has 1 aliphatic heterocycles. The summed E-state index contributed by atoms with van der Waals surface area (Å²) in [4.78, 5) is 24.6. The minimum atomic E-state index is -4.46. The highest BCUT2D eigenvalue weighted by atomic mass is 35.5. The van der Waals surface area contributed by atoms with E-state index in [4.69, 9.17) is 11.6 Å². The monoisotopic (exact) mass is 424 g/mol. The second-order valence-corrected chi connectivity index (χ2v) is 6.73. The van der Waals surface area contributed by atoms with Crippen LogP contribution in [0, 0.1) is 0 Å². The molecule has 0 fully saturated rings. The first-order chi connectivity index (χ1) is 13.6. The largest absolute Gasteiger partial charge is 0.416 e. The molecule has 0 bridgehead atoms. The maximum Gasteiger partial charge on any atom is 0.416 e. The lowest BCUT2D eigenvalue weighted by Crippen LogP contribution is -2.52. The number of hydrazone groups is 1. The third kappa shape index (κ3) is 4.86. The Kier molecular flexibility index (Phi) is 5.78. The molecular formula is C19H16ClF3N4O2. The molecule has 0 saturated heterocycles. The van der Waals surface area contributed by atoms with E-state index in [9.17, 15) is 22.8 Å². The number of urea groups is 1. The van der Waals surface area contributed by atoms with Crippen LogP contribution < -0.4 is 10.6 Å². The Hall–Kier alpha value is -3.07. The van der Waals surface area contributed by atoms with Gasteiger partial charge in [0.05, 0.1) is 17.8 Å². The molecule has 1 heterocycles. The molecule has 10 heteroatoms. The molecule has 152 valence electrons. The molecule has 2 aromatic rings. The molecular weight excluding hydrogens is 409 g/mol. The van der Waals surface area contributed by atoms with E-state index >= 15 is 0 Å². The van der Waals surface area contributed by atoms with Crippen molar-refractivity contribution in [2.45, 2.75) is 19.1 Å². The smallest absolute Gasteiger partial charge is 0.331 e. The summed E-state index contributed by atoms with van der Waals surface area (Å²) in [6.07, 6.45) is -4.46. The minimum absolute atomic E-state index is 0.175. The topological polar surface area (TPSA) is 73.8 Å². The maximum absolute atomic E-state index is 12.6. The molecule has 3 rings (SSSR count). The standard InChI is InChI=1S/C19H16ClF3N4O2/c1-11(17(28)25-15-8-4-13(5-9-15)19(21,22)23)27-18(29)24-10-16(26-27)12-2-6-14(20)7-3-12/h2-9,11H,10H2,1H3,(H,24,29)(H,25,28). The number of nitrogens with one attached hydrogen (secondary N) is 2. The lowest BCUT2D eigenvalue weighted by molar-refractivity contribution is -0.137. The lowest BCUT2D eigenvalue weighted by Gasteiger charge is -2.28. The number of hydrogen-bond acceptors (Lipinski definition) is 3. The van der Waals surface area contributed by atoms with E-state index in [-0.39, 0.29) is 12.2 Å². The highest BCUT2D eigenvalue weighted by molar-refractivity contribution is 6.30. The molecule has 6 nitrogen and oxygen atoms in total. The number of halogens is 4. The van der Waals surface area contributed by atoms with Crippen LogP contribution in [-0.4, -0.2) is 35.2 Å². The van der Waals surface area contributed by atoms with Gasteiger partial charge in [-0.1, -0.05) is 23.7 Å². The van der Waals surface area contributed by atoms with Crippen LogP contribution in [0.25, 0.3) is 0 Å². The van der Waals surface area contributed by atoms with E-state index < -0.39 is 29.7 Å². The summed E-state index contributed by atoms with van der Waals surface area (Å²) >= 11 is 5.87. The normalized spacial score (nSPS) is 15.4. The van der Waals surface area contributed by atoms with Crippen LogP contribution in [0.4, 0.5) is 23.7 Å². The third-order valence-corrected chi connectivity index (χ3v) is 4.50. The van der Waals surface area contributed by atoms with Crippen molar-refractivity contribution in [3.63, 3.8) is 0 Å². The zero-order valence-electron chi connectivity index (χ0n) is 15.1. The molecule has 1 atom stereocenters. The van der Waals surface area contributed by atoms with Gasteiger partial charge in [-0.25, -0.2) is 9.80 Å². The number of amides is 3. The molecule has 0 aromatic heterocycles. The van der Waals surface area contributed by atoms with Gasteiger partial charge in [0.25, 0.3) is 0 Å². The summed E-state index contributed by atoms with van der Waals surface area (Å²) < 4.78 is 37.9. The zero-order valence-corrected chi connectivity index (χ0v) is 15.9. The Labute approximate surface area is 169 Å². The molecule has 29 heavy (non-hydrogen) atoms. The SMILES string of the molecule is CC(C(=O)Nc1ccc(C(F)(F)F)cc1)N1N=C(c2ccc(Cl)cc2)CNC1=O. The van der Waals surface area contributed by atoms with Crippen molar-refractivity contribution in [2.24, 2.45) is 5.10 Å². The van der Waals surface area contributed by atoms with Gasteiger partial charge in [-0.15, -0.1) is 0 Å². The Morgan fingerprint density at radius 1 is 1.17 bits per heavy atom. The van der Waals surface area contributed by atoms with Gasteiger partial charge in [-0.05, 0) is 48.9 Å². The van der Waals surface area contributed by atoms with Crippen molar-refractivity contribution in [3.8, 4) is 0 Å². The first-order valence-electron chi connectivity index (χ1n) is 8.54. The van der Waals surface area contributed by atoms with Gasteiger partial charge >= 0.3 is 12.2 Å². The Morgan fingerprint density at radius 2 is 1.79 bits per heavy atom. The molecule has 1 unspecified atom stereocenters. The van der Waals surface area contributed by atoms with Crippen LogP contribution in [0.1, 0.15) is 18.1 Å². The minimum Gasteiger partial charge on any atom is -0.331 e. The quantitative estimate of drug-likeness (QED) is 0.775. The summed E-state index contributed by atoms with van der Waals surface area (Å²) in [5, 5.41) is 10.9. The van der Waals surface area contributed by atoms with E-state index in [1.165, 1.54) is 6.92 Å². The Bertz CT molecular complexity index is 943. The number of alkyl halides is 3. The number of carbonyl (C=O) groups is 2. The number of hydrogen-bond donors (Lipinski definition) is 2. The van der Waals surface area contributed by atoms with Crippen LogP contribution in [0.5, 0.6) is 0 Å². The molecule has 0 aliphatic carbocycles. The average molecular weight is 425 g/mol. The van der Waals surface area contributed by atoms with E-state index in [0.717, 1.165) is 34.8 Å². The van der Waals surface area contributed by atoms with Crippen molar-refractivity contribution in [1.29, 1.82) is 0 Å². The molecule has 0 saturated carbocycles. The van der Waals surface area contributed by atoms with Gasteiger partial charge in [-0.3, -0.25) is 4.79 Å². The van der Waals surface area contributed by atoms with Crippen molar-refractivity contribution in [3.05, 3.63) is 64.7 Å². The first kappa shape index (κ1) is 20.7.